The molecule has 0 spiro atoms. The summed E-state index contributed by atoms with van der Waals surface area (Å²) in [5.74, 6) is -0.320. The van der Waals surface area contributed by atoms with Gasteiger partial charge in [0.2, 0.25) is 0 Å². The van der Waals surface area contributed by atoms with Gasteiger partial charge in [-0.15, -0.1) is 0 Å². The van der Waals surface area contributed by atoms with Crippen LogP contribution in [0.1, 0.15) is 21.5 Å². The van der Waals surface area contributed by atoms with E-state index in [1.54, 1.807) is 24.7 Å². The summed E-state index contributed by atoms with van der Waals surface area (Å²) in [6.07, 6.45) is 7.05. The van der Waals surface area contributed by atoms with Crippen molar-refractivity contribution in [3.8, 4) is 5.69 Å². The molecule has 122 valence electrons. The molecule has 3 aromatic rings. The van der Waals surface area contributed by atoms with Gasteiger partial charge in [0.15, 0.2) is 0 Å². The summed E-state index contributed by atoms with van der Waals surface area (Å²) in [6.45, 7) is 0. The van der Waals surface area contributed by atoms with E-state index in [4.69, 9.17) is 16.3 Å². The summed E-state index contributed by atoms with van der Waals surface area (Å²) in [5, 5.41) is 0.743. The molecule has 2 aromatic carbocycles. The van der Waals surface area contributed by atoms with E-state index in [-0.39, 0.29) is 5.97 Å². The molecule has 0 aliphatic rings. The van der Waals surface area contributed by atoms with Gasteiger partial charge < -0.3 is 9.30 Å². The first kappa shape index (κ1) is 16.3. The largest absolute Gasteiger partial charge is 0.465 e. The summed E-state index contributed by atoms with van der Waals surface area (Å²) >= 11 is 6.40. The molecule has 5 heteroatoms. The van der Waals surface area contributed by atoms with Crippen LogP contribution in [0.4, 0.5) is 0 Å². The number of aryl methyl sites for hydroxylation is 2. The van der Waals surface area contributed by atoms with Crippen molar-refractivity contribution in [2.45, 2.75) is 12.8 Å². The van der Waals surface area contributed by atoms with E-state index in [2.05, 4.69) is 4.98 Å². The van der Waals surface area contributed by atoms with E-state index in [0.717, 1.165) is 34.7 Å². The van der Waals surface area contributed by atoms with E-state index < -0.39 is 0 Å². The maximum absolute atomic E-state index is 11.4. The molecule has 1 heterocycles. The predicted molar refractivity (Wildman–Crippen MR) is 93.8 cm³/mol. The van der Waals surface area contributed by atoms with Crippen molar-refractivity contribution < 1.29 is 9.53 Å². The Kier molecular flexibility index (Phi) is 4.96. The zero-order valence-electron chi connectivity index (χ0n) is 13.3. The minimum Gasteiger partial charge on any atom is -0.465 e. The quantitative estimate of drug-likeness (QED) is 0.657. The third-order valence-electron chi connectivity index (χ3n) is 3.90. The van der Waals surface area contributed by atoms with Crippen LogP contribution < -0.4 is 0 Å². The number of methoxy groups -OCH3 is 1. The van der Waals surface area contributed by atoms with Crippen LogP contribution in [0.2, 0.25) is 5.02 Å². The smallest absolute Gasteiger partial charge is 0.337 e. The minimum absolute atomic E-state index is 0.320. The van der Waals surface area contributed by atoms with Crippen LogP contribution in [0.5, 0.6) is 0 Å². The van der Waals surface area contributed by atoms with Crippen LogP contribution in [0, 0.1) is 0 Å². The van der Waals surface area contributed by atoms with Crippen LogP contribution in [-0.2, 0) is 17.6 Å². The van der Waals surface area contributed by atoms with Gasteiger partial charge in [0.1, 0.15) is 0 Å². The highest BCUT2D eigenvalue weighted by Gasteiger charge is 2.06. The Labute approximate surface area is 145 Å². The summed E-state index contributed by atoms with van der Waals surface area (Å²) in [4.78, 5) is 15.5. The lowest BCUT2D eigenvalue weighted by molar-refractivity contribution is 0.0600. The highest BCUT2D eigenvalue weighted by Crippen LogP contribution is 2.22. The number of nitrogens with zero attached hydrogens (tertiary/aromatic N) is 2. The highest BCUT2D eigenvalue weighted by atomic mass is 35.5. The van der Waals surface area contributed by atoms with Crippen molar-refractivity contribution in [3.63, 3.8) is 0 Å². The molecule has 3 rings (SSSR count). The van der Waals surface area contributed by atoms with Crippen LogP contribution in [0.15, 0.2) is 61.2 Å². The van der Waals surface area contributed by atoms with Gasteiger partial charge in [-0.2, -0.15) is 0 Å². The number of benzene rings is 2. The Balaban J connectivity index is 1.67. The fourth-order valence-corrected chi connectivity index (χ4v) is 2.79. The van der Waals surface area contributed by atoms with Gasteiger partial charge in [-0.3, -0.25) is 0 Å². The van der Waals surface area contributed by atoms with Crippen molar-refractivity contribution in [1.82, 2.24) is 9.55 Å². The molecule has 0 bridgehead atoms. The maximum Gasteiger partial charge on any atom is 0.337 e. The normalized spacial score (nSPS) is 10.6. The SMILES string of the molecule is COC(=O)c1ccc(CCc2ccc(-n3ccnc3)cc2Cl)cc1. The van der Waals surface area contributed by atoms with Crippen molar-refractivity contribution in [2.75, 3.05) is 7.11 Å². The first-order chi connectivity index (χ1) is 11.7. The Morgan fingerprint density at radius 2 is 1.96 bits per heavy atom. The van der Waals surface area contributed by atoms with Gasteiger partial charge >= 0.3 is 5.97 Å². The number of hydrogen-bond donors (Lipinski definition) is 0. The minimum atomic E-state index is -0.320. The second-order valence-electron chi connectivity index (χ2n) is 5.43. The third-order valence-corrected chi connectivity index (χ3v) is 4.25. The van der Waals surface area contributed by atoms with Crippen LogP contribution in [-0.4, -0.2) is 22.6 Å². The number of imidazole rings is 1. The molecule has 4 nitrogen and oxygen atoms in total. The van der Waals surface area contributed by atoms with Gasteiger partial charge in [0.05, 0.1) is 19.0 Å². The lowest BCUT2D eigenvalue weighted by atomic mass is 10.0. The number of hydrogen-bond acceptors (Lipinski definition) is 3. The summed E-state index contributed by atoms with van der Waals surface area (Å²) in [7, 11) is 1.38. The molecule has 0 saturated carbocycles. The zero-order chi connectivity index (χ0) is 16.9. The van der Waals surface area contributed by atoms with E-state index >= 15 is 0 Å². The van der Waals surface area contributed by atoms with Gasteiger partial charge in [-0.25, -0.2) is 9.78 Å². The highest BCUT2D eigenvalue weighted by molar-refractivity contribution is 6.31. The molecule has 0 aliphatic carbocycles. The van der Waals surface area contributed by atoms with Crippen LogP contribution >= 0.6 is 11.6 Å². The molecule has 0 N–H and O–H groups in total. The molecule has 0 unspecified atom stereocenters. The number of carbonyl (C=O) groups is 1. The standard InChI is InChI=1S/C19H17ClN2O2/c1-24-19(23)16-6-3-14(4-7-16)2-5-15-8-9-17(12-18(15)20)22-11-10-21-13-22/h3-4,6-13H,2,5H2,1H3. The van der Waals surface area contributed by atoms with Crippen molar-refractivity contribution in [1.29, 1.82) is 0 Å². The molecular weight excluding hydrogens is 324 g/mol. The second-order valence-corrected chi connectivity index (χ2v) is 5.84. The molecule has 0 amide bonds. The Hall–Kier alpha value is -2.59. The lowest BCUT2D eigenvalue weighted by Crippen LogP contribution is -2.01. The number of rotatable bonds is 5. The molecule has 0 radical (unpaired) electrons. The lowest BCUT2D eigenvalue weighted by Gasteiger charge is -2.08. The Morgan fingerprint density at radius 3 is 2.58 bits per heavy atom. The summed E-state index contributed by atoms with van der Waals surface area (Å²) in [6, 6.07) is 13.5. The van der Waals surface area contributed by atoms with Gasteiger partial charge in [-0.05, 0) is 48.2 Å². The molecule has 24 heavy (non-hydrogen) atoms. The number of halogens is 1. The first-order valence-electron chi connectivity index (χ1n) is 7.61. The van der Waals surface area contributed by atoms with Gasteiger partial charge in [0.25, 0.3) is 0 Å². The summed E-state index contributed by atoms with van der Waals surface area (Å²) < 4.78 is 6.62. The average Bonchev–Trinajstić information content (AvgIpc) is 3.15. The van der Waals surface area contributed by atoms with Crippen molar-refractivity contribution in [2.24, 2.45) is 0 Å². The number of ether oxygens (including phenoxy) is 1. The van der Waals surface area contributed by atoms with E-state index in [1.165, 1.54) is 7.11 Å². The third kappa shape index (κ3) is 3.66. The van der Waals surface area contributed by atoms with E-state index in [0.29, 0.717) is 5.56 Å². The number of carbonyl (C=O) groups excluding carboxylic acids is 1. The topological polar surface area (TPSA) is 44.1 Å². The van der Waals surface area contributed by atoms with Crippen molar-refractivity contribution in [3.05, 3.63) is 82.9 Å². The first-order valence-corrected chi connectivity index (χ1v) is 7.99. The monoisotopic (exact) mass is 340 g/mol. The molecule has 1 aromatic heterocycles. The van der Waals surface area contributed by atoms with Gasteiger partial charge in [0, 0.05) is 23.1 Å². The summed E-state index contributed by atoms with van der Waals surface area (Å²) in [5.41, 5.74) is 3.79. The Bertz CT molecular complexity index is 827. The number of aromatic nitrogens is 2. The fourth-order valence-electron chi connectivity index (χ4n) is 2.52. The van der Waals surface area contributed by atoms with Crippen LogP contribution in [0.3, 0.4) is 0 Å². The molecule has 0 aliphatic heterocycles. The van der Waals surface area contributed by atoms with Crippen molar-refractivity contribution >= 4 is 17.6 Å². The van der Waals surface area contributed by atoms with Gasteiger partial charge in [-0.1, -0.05) is 29.8 Å². The molecular formula is C19H17ClN2O2. The average molecular weight is 341 g/mol. The second kappa shape index (κ2) is 7.32. The maximum atomic E-state index is 11.4. The molecule has 0 atom stereocenters. The Morgan fingerprint density at radius 1 is 1.17 bits per heavy atom. The van der Waals surface area contributed by atoms with E-state index in [9.17, 15) is 4.79 Å². The number of esters is 1. The fraction of sp³-hybridized carbons (Fsp3) is 0.158. The predicted octanol–water partition coefficient (Wildman–Crippen LogP) is 4.10. The van der Waals surface area contributed by atoms with Crippen LogP contribution in [0.25, 0.3) is 5.69 Å². The van der Waals surface area contributed by atoms with E-state index in [1.807, 2.05) is 41.1 Å². The molecule has 0 fully saturated rings. The zero-order valence-corrected chi connectivity index (χ0v) is 14.0. The molecule has 0 saturated heterocycles.